The molecule has 1 rings (SSSR count). The van der Waals surface area contributed by atoms with Gasteiger partial charge in [-0.15, -0.1) is 0 Å². The van der Waals surface area contributed by atoms with Gasteiger partial charge >= 0.3 is 0 Å². The minimum Gasteiger partial charge on any atom is -0.395 e. The van der Waals surface area contributed by atoms with Gasteiger partial charge in [-0.2, -0.15) is 5.26 Å². The van der Waals surface area contributed by atoms with Crippen molar-refractivity contribution in [2.45, 2.75) is 25.9 Å². The molecule has 0 spiro atoms. The minimum absolute atomic E-state index is 0.0793. The normalized spacial score (nSPS) is 14.3. The maximum Gasteiger partial charge on any atom is 0.0991 e. The highest BCUT2D eigenvalue weighted by Gasteiger charge is 2.08. The highest BCUT2D eigenvalue weighted by Crippen LogP contribution is 2.13. The van der Waals surface area contributed by atoms with Gasteiger partial charge in [0.2, 0.25) is 0 Å². The van der Waals surface area contributed by atoms with Gasteiger partial charge in [0.25, 0.3) is 0 Å². The lowest BCUT2D eigenvalue weighted by atomic mass is 10.1. The first-order chi connectivity index (χ1) is 7.17. The van der Waals surface area contributed by atoms with Crippen molar-refractivity contribution in [1.82, 2.24) is 5.32 Å². The van der Waals surface area contributed by atoms with E-state index in [1.54, 1.807) is 12.1 Å². The standard InChI is InChI=1S/C12H16N2O/c1-9(8-15)14-10(2)12-5-3-11(7-13)4-6-12/h3-6,9-10,14-15H,8H2,1-2H3/t9-,10+/m0/s1. The van der Waals surface area contributed by atoms with E-state index in [4.69, 9.17) is 10.4 Å². The predicted molar refractivity (Wildman–Crippen MR) is 59.3 cm³/mol. The Balaban J connectivity index is 2.66. The zero-order chi connectivity index (χ0) is 11.3. The number of aliphatic hydroxyl groups excluding tert-OH is 1. The van der Waals surface area contributed by atoms with Gasteiger partial charge in [0.05, 0.1) is 18.2 Å². The average Bonchev–Trinajstić information content (AvgIpc) is 2.29. The molecular weight excluding hydrogens is 188 g/mol. The second-order valence-electron chi connectivity index (χ2n) is 3.71. The van der Waals surface area contributed by atoms with E-state index in [1.165, 1.54) is 0 Å². The summed E-state index contributed by atoms with van der Waals surface area (Å²) in [6.07, 6.45) is 0. The first-order valence-electron chi connectivity index (χ1n) is 5.04. The highest BCUT2D eigenvalue weighted by molar-refractivity contribution is 5.32. The Morgan fingerprint density at radius 2 is 1.93 bits per heavy atom. The molecule has 80 valence electrons. The van der Waals surface area contributed by atoms with Crippen molar-refractivity contribution in [3.63, 3.8) is 0 Å². The van der Waals surface area contributed by atoms with Crippen LogP contribution in [0.15, 0.2) is 24.3 Å². The van der Waals surface area contributed by atoms with Crippen LogP contribution >= 0.6 is 0 Å². The maximum absolute atomic E-state index is 8.91. The fourth-order valence-electron chi connectivity index (χ4n) is 1.42. The van der Waals surface area contributed by atoms with Crippen molar-refractivity contribution in [1.29, 1.82) is 5.26 Å². The lowest BCUT2D eigenvalue weighted by molar-refractivity contribution is 0.243. The Kier molecular flexibility index (Phi) is 4.29. The molecule has 3 nitrogen and oxygen atoms in total. The summed E-state index contributed by atoms with van der Waals surface area (Å²) in [6.45, 7) is 4.09. The van der Waals surface area contributed by atoms with Gasteiger partial charge in [0.15, 0.2) is 0 Å². The molecule has 2 atom stereocenters. The molecule has 3 heteroatoms. The topological polar surface area (TPSA) is 56.0 Å². The number of nitrogens with zero attached hydrogens (tertiary/aromatic N) is 1. The fourth-order valence-corrected chi connectivity index (χ4v) is 1.42. The summed E-state index contributed by atoms with van der Waals surface area (Å²) in [5.74, 6) is 0. The van der Waals surface area contributed by atoms with Crippen LogP contribution in [0, 0.1) is 11.3 Å². The molecule has 0 aromatic heterocycles. The van der Waals surface area contributed by atoms with E-state index in [0.717, 1.165) is 5.56 Å². The van der Waals surface area contributed by atoms with Crippen LogP contribution in [0.1, 0.15) is 31.0 Å². The van der Waals surface area contributed by atoms with Crippen molar-refractivity contribution in [3.05, 3.63) is 35.4 Å². The molecule has 0 unspecified atom stereocenters. The molecule has 0 aliphatic heterocycles. The van der Waals surface area contributed by atoms with Crippen LogP contribution in [0.2, 0.25) is 0 Å². The van der Waals surface area contributed by atoms with Gasteiger partial charge < -0.3 is 10.4 Å². The summed E-state index contributed by atoms with van der Waals surface area (Å²) < 4.78 is 0. The Hall–Kier alpha value is -1.37. The summed E-state index contributed by atoms with van der Waals surface area (Å²) in [6, 6.07) is 9.81. The Morgan fingerprint density at radius 3 is 2.40 bits per heavy atom. The van der Waals surface area contributed by atoms with E-state index in [9.17, 15) is 0 Å². The van der Waals surface area contributed by atoms with Crippen molar-refractivity contribution in [2.75, 3.05) is 6.61 Å². The van der Waals surface area contributed by atoms with Crippen LogP contribution in [0.4, 0.5) is 0 Å². The number of aliphatic hydroxyl groups is 1. The van der Waals surface area contributed by atoms with Crippen LogP contribution < -0.4 is 5.32 Å². The van der Waals surface area contributed by atoms with Crippen LogP contribution in [-0.4, -0.2) is 17.8 Å². The van der Waals surface area contributed by atoms with E-state index in [-0.39, 0.29) is 18.7 Å². The molecule has 0 bridgehead atoms. The maximum atomic E-state index is 8.91. The number of benzene rings is 1. The van der Waals surface area contributed by atoms with Crippen LogP contribution in [0.3, 0.4) is 0 Å². The third-order valence-electron chi connectivity index (χ3n) is 2.35. The van der Waals surface area contributed by atoms with Crippen molar-refractivity contribution in [3.8, 4) is 6.07 Å². The number of nitriles is 1. The molecule has 0 amide bonds. The van der Waals surface area contributed by atoms with E-state index in [0.29, 0.717) is 5.56 Å². The second-order valence-corrected chi connectivity index (χ2v) is 3.71. The van der Waals surface area contributed by atoms with Gasteiger partial charge in [0, 0.05) is 12.1 Å². The molecule has 2 N–H and O–H groups in total. The largest absolute Gasteiger partial charge is 0.395 e. The Bertz CT molecular complexity index is 340. The molecule has 0 heterocycles. The zero-order valence-corrected chi connectivity index (χ0v) is 9.07. The average molecular weight is 204 g/mol. The van der Waals surface area contributed by atoms with Crippen LogP contribution in [-0.2, 0) is 0 Å². The van der Waals surface area contributed by atoms with Gasteiger partial charge in [-0.05, 0) is 31.5 Å². The zero-order valence-electron chi connectivity index (χ0n) is 9.07. The SMILES string of the molecule is C[C@@H](CO)N[C@H](C)c1ccc(C#N)cc1. The van der Waals surface area contributed by atoms with Crippen LogP contribution in [0.25, 0.3) is 0 Å². The van der Waals surface area contributed by atoms with Gasteiger partial charge in [-0.3, -0.25) is 0 Å². The summed E-state index contributed by atoms with van der Waals surface area (Å²) >= 11 is 0. The van der Waals surface area contributed by atoms with Gasteiger partial charge in [0.1, 0.15) is 0 Å². The molecular formula is C12H16N2O. The molecule has 0 saturated carbocycles. The highest BCUT2D eigenvalue weighted by atomic mass is 16.3. The molecule has 1 aromatic carbocycles. The van der Waals surface area contributed by atoms with E-state index in [1.807, 2.05) is 26.0 Å². The third kappa shape index (κ3) is 3.35. The molecule has 1 aromatic rings. The molecule has 0 aliphatic carbocycles. The second kappa shape index (κ2) is 5.50. The van der Waals surface area contributed by atoms with Gasteiger partial charge in [-0.1, -0.05) is 12.1 Å². The minimum atomic E-state index is 0.0793. The summed E-state index contributed by atoms with van der Waals surface area (Å²) in [5.41, 5.74) is 1.79. The van der Waals surface area contributed by atoms with Crippen molar-refractivity contribution >= 4 is 0 Å². The summed E-state index contributed by atoms with van der Waals surface area (Å²) in [4.78, 5) is 0. The molecule has 0 fully saturated rings. The van der Waals surface area contributed by atoms with E-state index >= 15 is 0 Å². The summed E-state index contributed by atoms with van der Waals surface area (Å²) in [5, 5.41) is 20.8. The predicted octanol–water partition coefficient (Wildman–Crippen LogP) is 1.59. The van der Waals surface area contributed by atoms with E-state index < -0.39 is 0 Å². The van der Waals surface area contributed by atoms with Crippen molar-refractivity contribution < 1.29 is 5.11 Å². The van der Waals surface area contributed by atoms with Crippen molar-refractivity contribution in [2.24, 2.45) is 0 Å². The first kappa shape index (κ1) is 11.7. The number of nitrogens with one attached hydrogen (secondary N) is 1. The monoisotopic (exact) mass is 204 g/mol. The molecule has 0 radical (unpaired) electrons. The molecule has 15 heavy (non-hydrogen) atoms. The lowest BCUT2D eigenvalue weighted by Gasteiger charge is -2.18. The third-order valence-corrected chi connectivity index (χ3v) is 2.35. The Labute approximate surface area is 90.4 Å². The number of hydrogen-bond donors (Lipinski definition) is 2. The van der Waals surface area contributed by atoms with Crippen LogP contribution in [0.5, 0.6) is 0 Å². The van der Waals surface area contributed by atoms with E-state index in [2.05, 4.69) is 11.4 Å². The Morgan fingerprint density at radius 1 is 1.33 bits per heavy atom. The molecule has 0 aliphatic rings. The van der Waals surface area contributed by atoms with Gasteiger partial charge in [-0.25, -0.2) is 0 Å². The quantitative estimate of drug-likeness (QED) is 0.783. The number of hydrogen-bond acceptors (Lipinski definition) is 3. The summed E-state index contributed by atoms with van der Waals surface area (Å²) in [7, 11) is 0. The fraction of sp³-hybridized carbons (Fsp3) is 0.417. The first-order valence-corrected chi connectivity index (χ1v) is 5.04. The number of rotatable bonds is 4. The molecule has 0 saturated heterocycles. The lowest BCUT2D eigenvalue weighted by Crippen LogP contribution is -2.31. The smallest absolute Gasteiger partial charge is 0.0991 e.